The van der Waals surface area contributed by atoms with Crippen LogP contribution in [0.1, 0.15) is 34.6 Å². The number of anilines is 1. The van der Waals surface area contributed by atoms with Gasteiger partial charge in [-0.25, -0.2) is 4.98 Å². The van der Waals surface area contributed by atoms with Crippen LogP contribution in [0.4, 0.5) is 5.69 Å². The molecule has 7 heteroatoms. The van der Waals surface area contributed by atoms with Crippen LogP contribution in [0.2, 0.25) is 0 Å². The molecule has 2 aromatic heterocycles. The second kappa shape index (κ2) is 7.09. The summed E-state index contributed by atoms with van der Waals surface area (Å²) in [5.41, 5.74) is 1.83. The van der Waals surface area contributed by atoms with Crippen molar-refractivity contribution in [1.29, 1.82) is 5.26 Å². The third-order valence-corrected chi connectivity index (χ3v) is 4.14. The highest BCUT2D eigenvalue weighted by Gasteiger charge is 2.31. The molecule has 1 N–H and O–H groups in total. The first-order valence-electron chi connectivity index (χ1n) is 8.00. The molecule has 3 rings (SSSR count). The molecule has 1 fully saturated rings. The van der Waals surface area contributed by atoms with Crippen molar-refractivity contribution in [3.05, 3.63) is 53.6 Å². The van der Waals surface area contributed by atoms with Crippen LogP contribution in [0.5, 0.6) is 0 Å². The molecule has 0 radical (unpaired) electrons. The highest BCUT2D eigenvalue weighted by atomic mass is 16.2. The number of amides is 2. The predicted molar refractivity (Wildman–Crippen MR) is 90.8 cm³/mol. The van der Waals surface area contributed by atoms with Crippen LogP contribution in [0.25, 0.3) is 0 Å². The van der Waals surface area contributed by atoms with Gasteiger partial charge < -0.3 is 10.2 Å². The second-order valence-electron chi connectivity index (χ2n) is 5.81. The summed E-state index contributed by atoms with van der Waals surface area (Å²) in [4.78, 5) is 34.9. The molecule has 0 aromatic carbocycles. The first-order chi connectivity index (χ1) is 12.1. The molecular formula is C18H17N5O2. The van der Waals surface area contributed by atoms with Crippen LogP contribution in [-0.4, -0.2) is 34.4 Å². The van der Waals surface area contributed by atoms with Gasteiger partial charge in [0, 0.05) is 12.7 Å². The minimum atomic E-state index is -0.598. The van der Waals surface area contributed by atoms with E-state index in [1.807, 2.05) is 12.1 Å². The fourth-order valence-corrected chi connectivity index (χ4v) is 2.82. The van der Waals surface area contributed by atoms with Crippen LogP contribution in [-0.2, 0) is 4.79 Å². The monoisotopic (exact) mass is 335 g/mol. The SMILES string of the molecule is Cc1nc(C(=O)N[C@@H]2CCCN(c3cccnc3)C2=O)ccc1C#N. The Morgan fingerprint density at radius 1 is 1.40 bits per heavy atom. The van der Waals surface area contributed by atoms with Crippen molar-refractivity contribution < 1.29 is 9.59 Å². The molecule has 2 amide bonds. The number of nitrogens with one attached hydrogen (secondary N) is 1. The van der Waals surface area contributed by atoms with Gasteiger partial charge in [0.2, 0.25) is 5.91 Å². The highest BCUT2D eigenvalue weighted by molar-refractivity contribution is 6.02. The summed E-state index contributed by atoms with van der Waals surface area (Å²) in [5, 5.41) is 11.7. The number of hydrogen-bond acceptors (Lipinski definition) is 5. The molecular weight excluding hydrogens is 318 g/mol. The molecule has 1 atom stereocenters. The molecule has 0 bridgehead atoms. The second-order valence-corrected chi connectivity index (χ2v) is 5.81. The molecule has 1 aliphatic rings. The Morgan fingerprint density at radius 2 is 2.24 bits per heavy atom. The van der Waals surface area contributed by atoms with Gasteiger partial charge in [-0.1, -0.05) is 0 Å². The number of nitrogens with zero attached hydrogens (tertiary/aromatic N) is 4. The summed E-state index contributed by atoms with van der Waals surface area (Å²) in [6, 6.07) is 8.06. The van der Waals surface area contributed by atoms with Crippen LogP contribution in [0, 0.1) is 18.3 Å². The van der Waals surface area contributed by atoms with Crippen molar-refractivity contribution in [1.82, 2.24) is 15.3 Å². The lowest BCUT2D eigenvalue weighted by atomic mass is 10.0. The Morgan fingerprint density at radius 3 is 2.92 bits per heavy atom. The summed E-state index contributed by atoms with van der Waals surface area (Å²) in [6.45, 7) is 2.27. The van der Waals surface area contributed by atoms with E-state index in [1.165, 1.54) is 6.07 Å². The molecule has 2 aromatic rings. The van der Waals surface area contributed by atoms with Gasteiger partial charge in [-0.2, -0.15) is 5.26 Å². The maximum atomic E-state index is 12.7. The lowest BCUT2D eigenvalue weighted by Crippen LogP contribution is -2.52. The summed E-state index contributed by atoms with van der Waals surface area (Å²) in [7, 11) is 0. The van der Waals surface area contributed by atoms with E-state index < -0.39 is 11.9 Å². The van der Waals surface area contributed by atoms with E-state index >= 15 is 0 Å². The lowest BCUT2D eigenvalue weighted by Gasteiger charge is -2.32. The van der Waals surface area contributed by atoms with Gasteiger partial charge in [-0.05, 0) is 44.0 Å². The fourth-order valence-electron chi connectivity index (χ4n) is 2.82. The average molecular weight is 335 g/mol. The zero-order valence-corrected chi connectivity index (χ0v) is 13.8. The van der Waals surface area contributed by atoms with Gasteiger partial charge in [0.15, 0.2) is 0 Å². The summed E-state index contributed by atoms with van der Waals surface area (Å²) < 4.78 is 0. The van der Waals surface area contributed by atoms with Gasteiger partial charge in [0.25, 0.3) is 5.91 Å². The van der Waals surface area contributed by atoms with Crippen LogP contribution in [0.3, 0.4) is 0 Å². The molecule has 7 nitrogen and oxygen atoms in total. The van der Waals surface area contributed by atoms with E-state index in [9.17, 15) is 9.59 Å². The smallest absolute Gasteiger partial charge is 0.270 e. The number of aryl methyl sites for hydroxylation is 1. The molecule has 1 saturated heterocycles. The molecule has 25 heavy (non-hydrogen) atoms. The summed E-state index contributed by atoms with van der Waals surface area (Å²) in [6.07, 6.45) is 4.64. The largest absolute Gasteiger partial charge is 0.339 e. The maximum Gasteiger partial charge on any atom is 0.270 e. The van der Waals surface area contributed by atoms with Crippen molar-refractivity contribution in [3.63, 3.8) is 0 Å². The van der Waals surface area contributed by atoms with Crippen LogP contribution in [0.15, 0.2) is 36.7 Å². The molecule has 3 heterocycles. The summed E-state index contributed by atoms with van der Waals surface area (Å²) >= 11 is 0. The lowest BCUT2D eigenvalue weighted by molar-refractivity contribution is -0.121. The van der Waals surface area contributed by atoms with E-state index in [1.54, 1.807) is 36.4 Å². The van der Waals surface area contributed by atoms with Crippen molar-refractivity contribution in [2.24, 2.45) is 0 Å². The Labute approximate surface area is 145 Å². The van der Waals surface area contributed by atoms with E-state index in [0.717, 1.165) is 12.1 Å². The minimum Gasteiger partial charge on any atom is -0.339 e. The van der Waals surface area contributed by atoms with Crippen molar-refractivity contribution >= 4 is 17.5 Å². The normalized spacial score (nSPS) is 17.0. The van der Waals surface area contributed by atoms with Crippen molar-refractivity contribution in [2.45, 2.75) is 25.8 Å². The number of hydrogen-bond donors (Lipinski definition) is 1. The first kappa shape index (κ1) is 16.6. The van der Waals surface area contributed by atoms with Crippen LogP contribution < -0.4 is 10.2 Å². The molecule has 126 valence electrons. The molecule has 0 unspecified atom stereocenters. The average Bonchev–Trinajstić information content (AvgIpc) is 2.64. The van der Waals surface area contributed by atoms with Crippen LogP contribution >= 0.6 is 0 Å². The van der Waals surface area contributed by atoms with Gasteiger partial charge >= 0.3 is 0 Å². The van der Waals surface area contributed by atoms with Gasteiger partial charge in [-0.3, -0.25) is 14.6 Å². The van der Waals surface area contributed by atoms with E-state index in [-0.39, 0.29) is 11.6 Å². The number of aromatic nitrogens is 2. The Hall–Kier alpha value is -3.27. The van der Waals surface area contributed by atoms with Gasteiger partial charge in [-0.15, -0.1) is 0 Å². The number of carbonyl (C=O) groups is 2. The Balaban J connectivity index is 1.74. The third kappa shape index (κ3) is 3.48. The number of pyridine rings is 2. The standard InChI is InChI=1S/C18H17N5O2/c1-12-13(10-19)6-7-15(21-12)17(24)22-16-5-3-9-23(18(16)25)14-4-2-8-20-11-14/h2,4,6-8,11,16H,3,5,9H2,1H3,(H,22,24)/t16-/m1/s1. The zero-order chi connectivity index (χ0) is 17.8. The molecule has 0 aliphatic carbocycles. The Bertz CT molecular complexity index is 844. The third-order valence-electron chi connectivity index (χ3n) is 4.14. The fraction of sp³-hybridized carbons (Fsp3) is 0.278. The van der Waals surface area contributed by atoms with Gasteiger partial charge in [0.1, 0.15) is 17.8 Å². The molecule has 0 spiro atoms. The van der Waals surface area contributed by atoms with E-state index in [4.69, 9.17) is 5.26 Å². The quantitative estimate of drug-likeness (QED) is 0.918. The summed E-state index contributed by atoms with van der Waals surface area (Å²) in [5.74, 6) is -0.572. The van der Waals surface area contributed by atoms with E-state index in [2.05, 4.69) is 15.3 Å². The number of carbonyl (C=O) groups excluding carboxylic acids is 2. The maximum absolute atomic E-state index is 12.7. The minimum absolute atomic E-state index is 0.155. The van der Waals surface area contributed by atoms with Crippen molar-refractivity contribution in [3.8, 4) is 6.07 Å². The zero-order valence-electron chi connectivity index (χ0n) is 13.8. The van der Waals surface area contributed by atoms with Gasteiger partial charge in [0.05, 0.1) is 23.1 Å². The highest BCUT2D eigenvalue weighted by Crippen LogP contribution is 2.20. The predicted octanol–water partition coefficient (Wildman–Crippen LogP) is 1.58. The Kier molecular flexibility index (Phi) is 4.70. The number of nitriles is 1. The van der Waals surface area contributed by atoms with Crippen molar-refractivity contribution in [2.75, 3.05) is 11.4 Å². The van der Waals surface area contributed by atoms with E-state index in [0.29, 0.717) is 24.2 Å². The topological polar surface area (TPSA) is 99.0 Å². The first-order valence-corrected chi connectivity index (χ1v) is 8.00. The number of piperidine rings is 1. The molecule has 1 aliphatic heterocycles. The molecule has 0 saturated carbocycles. The number of rotatable bonds is 3.